The zero-order chi connectivity index (χ0) is 36.2. The Morgan fingerprint density at radius 2 is 1.39 bits per heavy atom. The van der Waals surface area contributed by atoms with Crippen molar-refractivity contribution in [2.75, 3.05) is 0 Å². The minimum Gasteiger partial charge on any atom is -0.457 e. The van der Waals surface area contributed by atoms with Crippen molar-refractivity contribution in [1.29, 1.82) is 0 Å². The van der Waals surface area contributed by atoms with E-state index in [4.69, 9.17) is 14.8 Å². The number of hydrogen-bond donors (Lipinski definition) is 0. The van der Waals surface area contributed by atoms with Crippen LogP contribution in [0.2, 0.25) is 0 Å². The van der Waals surface area contributed by atoms with Gasteiger partial charge in [-0.05, 0) is 89.2 Å². The van der Waals surface area contributed by atoms with Crippen LogP contribution >= 0.6 is 0 Å². The number of hydrogen-bond acceptors (Lipinski definition) is 3. The number of aryl methyl sites for hydroxylation is 1. The average Bonchev–Trinajstić information content (AvgIpc) is 3.65. The summed E-state index contributed by atoms with van der Waals surface area (Å²) in [5.41, 5.74) is 11.7. The lowest BCUT2D eigenvalue weighted by Crippen LogP contribution is -2.12. The van der Waals surface area contributed by atoms with E-state index in [1.165, 1.54) is 44.3 Å². The van der Waals surface area contributed by atoms with Gasteiger partial charge < -0.3 is 4.74 Å². The molecule has 0 aliphatic heterocycles. The van der Waals surface area contributed by atoms with Crippen LogP contribution in [0.15, 0.2) is 103 Å². The maximum Gasteiger partial charge on any atom is 0.137 e. The molecule has 5 heteroatoms. The summed E-state index contributed by atoms with van der Waals surface area (Å²) >= 11 is 0. The number of rotatable bonds is 8. The van der Waals surface area contributed by atoms with E-state index < -0.39 is 0 Å². The second-order valence-electron chi connectivity index (χ2n) is 15.9. The Labute approximate surface area is 302 Å². The first-order chi connectivity index (χ1) is 24.3. The minimum atomic E-state index is 0.00467. The average molecular weight is 675 g/mol. The van der Waals surface area contributed by atoms with Gasteiger partial charge in [-0.25, -0.2) is 9.67 Å². The fraction of sp³-hybridized carbons (Fsp3) is 0.304. The molecule has 5 nitrogen and oxygen atoms in total. The summed E-state index contributed by atoms with van der Waals surface area (Å²) in [6.07, 6.45) is 1.92. The van der Waals surface area contributed by atoms with E-state index in [0.717, 1.165) is 39.7 Å². The van der Waals surface area contributed by atoms with Crippen molar-refractivity contribution < 1.29 is 4.74 Å². The zero-order valence-electron chi connectivity index (χ0n) is 31.7. The second-order valence-corrected chi connectivity index (χ2v) is 15.9. The molecule has 0 atom stereocenters. The van der Waals surface area contributed by atoms with E-state index in [0.29, 0.717) is 5.92 Å². The summed E-state index contributed by atoms with van der Waals surface area (Å²) in [4.78, 5) is 4.87. The van der Waals surface area contributed by atoms with E-state index in [9.17, 15) is 0 Å². The van der Waals surface area contributed by atoms with Gasteiger partial charge in [0.25, 0.3) is 0 Å². The molecular formula is C46H50N4O. The Bertz CT molecular complexity index is 2360. The molecule has 0 aliphatic carbocycles. The number of aromatic nitrogens is 4. The molecule has 0 saturated carbocycles. The molecular weight excluding hydrogens is 625 g/mol. The Kier molecular flexibility index (Phi) is 8.87. The molecule has 0 unspecified atom stereocenters. The van der Waals surface area contributed by atoms with Gasteiger partial charge in [-0.15, -0.1) is 0 Å². The van der Waals surface area contributed by atoms with Crippen molar-refractivity contribution >= 4 is 21.8 Å². The van der Waals surface area contributed by atoms with Crippen LogP contribution in [-0.4, -0.2) is 19.3 Å². The first-order valence-corrected chi connectivity index (χ1v) is 18.3. The van der Waals surface area contributed by atoms with Gasteiger partial charge in [0.2, 0.25) is 0 Å². The first kappa shape index (κ1) is 34.3. The van der Waals surface area contributed by atoms with E-state index in [1.54, 1.807) is 0 Å². The van der Waals surface area contributed by atoms with Crippen molar-refractivity contribution in [3.63, 3.8) is 0 Å². The molecule has 0 fully saturated rings. The predicted molar refractivity (Wildman–Crippen MR) is 213 cm³/mol. The molecule has 0 amide bonds. The lowest BCUT2D eigenvalue weighted by molar-refractivity contribution is 0.481. The van der Waals surface area contributed by atoms with Crippen molar-refractivity contribution in [2.24, 2.45) is 0 Å². The Balaban J connectivity index is 1.37. The third kappa shape index (κ3) is 6.46. The molecule has 0 bridgehead atoms. The third-order valence-electron chi connectivity index (χ3n) is 9.93. The first-order valence-electron chi connectivity index (χ1n) is 18.3. The van der Waals surface area contributed by atoms with Crippen molar-refractivity contribution in [3.05, 3.63) is 131 Å². The second kappa shape index (κ2) is 13.2. The third-order valence-corrected chi connectivity index (χ3v) is 9.93. The molecule has 260 valence electrons. The molecule has 0 spiro atoms. The topological polar surface area (TPSA) is 44.9 Å². The van der Waals surface area contributed by atoms with E-state index in [-0.39, 0.29) is 17.3 Å². The molecule has 0 aliphatic rings. The van der Waals surface area contributed by atoms with Gasteiger partial charge in [0, 0.05) is 34.7 Å². The summed E-state index contributed by atoms with van der Waals surface area (Å²) < 4.78 is 11.2. The van der Waals surface area contributed by atoms with E-state index in [2.05, 4.69) is 176 Å². The summed E-state index contributed by atoms with van der Waals surface area (Å²) in [5, 5.41) is 7.69. The highest BCUT2D eigenvalue weighted by atomic mass is 16.5. The molecule has 7 aromatic rings. The van der Waals surface area contributed by atoms with Gasteiger partial charge in [0.15, 0.2) is 0 Å². The van der Waals surface area contributed by atoms with Gasteiger partial charge in [0.1, 0.15) is 17.3 Å². The molecule has 0 radical (unpaired) electrons. The zero-order valence-corrected chi connectivity index (χ0v) is 31.7. The monoisotopic (exact) mass is 674 g/mol. The number of pyridine rings is 1. The minimum absolute atomic E-state index is 0.00467. The van der Waals surface area contributed by atoms with Gasteiger partial charge in [-0.1, -0.05) is 110 Å². The van der Waals surface area contributed by atoms with Crippen LogP contribution in [0.25, 0.3) is 44.4 Å². The SMILES string of the molecule is Cc1ccc(-c2c(C(C)C)nn(-c3cc(Oc4ccc5c6ccccc6n(-c6cc(C(C)(C)C)ccn6)c5c4)cc(C(C)C)c3)c2C(C)C)cc1. The van der Waals surface area contributed by atoms with Gasteiger partial charge in [-0.2, -0.15) is 5.10 Å². The van der Waals surface area contributed by atoms with Crippen LogP contribution in [0.1, 0.15) is 108 Å². The highest BCUT2D eigenvalue weighted by Crippen LogP contribution is 2.40. The number of ether oxygens (including phenoxy) is 1. The van der Waals surface area contributed by atoms with Crippen molar-refractivity contribution in [1.82, 2.24) is 19.3 Å². The quantitative estimate of drug-likeness (QED) is 0.161. The highest BCUT2D eigenvalue weighted by molar-refractivity contribution is 6.09. The van der Waals surface area contributed by atoms with Crippen molar-refractivity contribution in [3.8, 4) is 34.1 Å². The molecule has 4 aromatic carbocycles. The molecule has 51 heavy (non-hydrogen) atoms. The van der Waals surface area contributed by atoms with Crippen LogP contribution < -0.4 is 4.74 Å². The standard InChI is InChI=1S/C46H50N4O/c1-28(2)33-23-35(50-45(30(5)6)43(44(48-50)29(3)4)32-17-15-31(7)16-18-32)26-37(24-33)51-36-19-20-39-38-13-11-12-14-40(38)49(41(39)27-36)42-25-34(21-22-47-42)46(8,9)10/h11-30H,1-10H3. The van der Waals surface area contributed by atoms with Crippen molar-refractivity contribution in [2.45, 2.75) is 92.4 Å². The summed E-state index contributed by atoms with van der Waals surface area (Å²) in [6, 6.07) is 34.7. The molecule has 0 N–H and O–H groups in total. The van der Waals surface area contributed by atoms with Gasteiger partial charge in [-0.3, -0.25) is 4.57 Å². The normalized spacial score (nSPS) is 12.3. The smallest absolute Gasteiger partial charge is 0.137 e. The van der Waals surface area contributed by atoms with Crippen LogP contribution in [-0.2, 0) is 5.41 Å². The largest absolute Gasteiger partial charge is 0.457 e. The molecule has 3 aromatic heterocycles. The fourth-order valence-corrected chi connectivity index (χ4v) is 7.12. The van der Waals surface area contributed by atoms with Gasteiger partial charge >= 0.3 is 0 Å². The molecule has 7 rings (SSSR count). The summed E-state index contributed by atoms with van der Waals surface area (Å²) in [7, 11) is 0. The maximum absolute atomic E-state index is 6.81. The van der Waals surface area contributed by atoms with Crippen LogP contribution in [0, 0.1) is 6.92 Å². The number of nitrogens with zero attached hydrogens (tertiary/aromatic N) is 4. The Morgan fingerprint density at radius 3 is 2.08 bits per heavy atom. The van der Waals surface area contributed by atoms with Gasteiger partial charge in [0.05, 0.1) is 28.1 Å². The highest BCUT2D eigenvalue weighted by Gasteiger charge is 2.25. The van der Waals surface area contributed by atoms with Crippen LogP contribution in [0.5, 0.6) is 11.5 Å². The number of para-hydroxylation sites is 1. The van der Waals surface area contributed by atoms with E-state index >= 15 is 0 Å². The molecule has 3 heterocycles. The number of benzene rings is 4. The predicted octanol–water partition coefficient (Wildman–Crippen LogP) is 12.8. The van der Waals surface area contributed by atoms with Crippen LogP contribution in [0.4, 0.5) is 0 Å². The number of fused-ring (bicyclic) bond motifs is 3. The maximum atomic E-state index is 6.81. The Morgan fingerprint density at radius 1 is 0.667 bits per heavy atom. The molecule has 0 saturated heterocycles. The summed E-state index contributed by atoms with van der Waals surface area (Å²) in [5.74, 6) is 3.29. The lowest BCUT2D eigenvalue weighted by Gasteiger charge is -2.20. The lowest BCUT2D eigenvalue weighted by atomic mass is 9.88. The fourth-order valence-electron chi connectivity index (χ4n) is 7.12. The van der Waals surface area contributed by atoms with Crippen LogP contribution in [0.3, 0.4) is 0 Å². The van der Waals surface area contributed by atoms with E-state index in [1.807, 2.05) is 6.20 Å². The Hall–Kier alpha value is -5.16. The summed E-state index contributed by atoms with van der Waals surface area (Å²) in [6.45, 7) is 22.3.